The number of carbonyl (C=O) groups excluding carboxylic acids is 1. The van der Waals surface area contributed by atoms with Crippen molar-refractivity contribution in [1.82, 2.24) is 4.90 Å². The minimum absolute atomic E-state index is 0.0317. The number of benzene rings is 2. The van der Waals surface area contributed by atoms with E-state index in [4.69, 9.17) is 0 Å². The summed E-state index contributed by atoms with van der Waals surface area (Å²) < 4.78 is 68.3. The minimum Gasteiger partial charge on any atom is -0.508 e. The number of para-hydroxylation sites is 1. The number of carbonyl (C=O) groups is 1. The van der Waals surface area contributed by atoms with Crippen molar-refractivity contribution in [3.05, 3.63) is 59.2 Å². The fourth-order valence-corrected chi connectivity index (χ4v) is 4.06. The van der Waals surface area contributed by atoms with Crippen LogP contribution >= 0.6 is 0 Å². The van der Waals surface area contributed by atoms with Crippen molar-refractivity contribution in [3.8, 4) is 5.75 Å². The molecule has 0 spiro atoms. The molecule has 4 nitrogen and oxygen atoms in total. The number of nitrogens with zero attached hydrogens (tertiary/aromatic N) is 1. The highest BCUT2D eigenvalue weighted by molar-refractivity contribution is 6.09. The number of likely N-dealkylation sites (tertiary alicyclic amines) is 1. The molecule has 2 aliphatic rings. The summed E-state index contributed by atoms with van der Waals surface area (Å²) in [6.07, 6.45) is -5.23. The van der Waals surface area contributed by atoms with Gasteiger partial charge < -0.3 is 10.4 Å². The van der Waals surface area contributed by atoms with E-state index in [2.05, 4.69) is 5.32 Å². The molecule has 2 aromatic carbocycles. The number of phenols is 1. The van der Waals surface area contributed by atoms with Crippen LogP contribution in [0.3, 0.4) is 0 Å². The summed E-state index contributed by atoms with van der Waals surface area (Å²) in [6, 6.07) is 8.59. The van der Waals surface area contributed by atoms with Gasteiger partial charge in [0.25, 0.3) is 11.8 Å². The van der Waals surface area contributed by atoms with Crippen LogP contribution in [-0.2, 0) is 16.5 Å². The van der Waals surface area contributed by atoms with Gasteiger partial charge in [-0.25, -0.2) is 8.78 Å². The SMILES string of the molecule is O=C1Nc2c(C(F)(F)F)cccc2C1(c1ccc(O)cc1)N1CCC(F)(F)C1. The number of halogens is 5. The summed E-state index contributed by atoms with van der Waals surface area (Å²) in [6.45, 7) is -0.937. The lowest BCUT2D eigenvalue weighted by Crippen LogP contribution is -2.51. The fourth-order valence-electron chi connectivity index (χ4n) is 4.06. The minimum atomic E-state index is -4.72. The Morgan fingerprint density at radius 2 is 1.75 bits per heavy atom. The standard InChI is InChI=1S/C19H15F5N2O2/c20-17(21)8-9-26(10-17)18(11-4-6-12(27)7-5-11)13-2-1-3-14(19(22,23)24)15(13)25-16(18)28/h1-7,27H,8-10H2,(H,25,28). The Kier molecular flexibility index (Phi) is 3.94. The van der Waals surface area contributed by atoms with Gasteiger partial charge >= 0.3 is 6.18 Å². The Hall–Kier alpha value is -2.68. The van der Waals surface area contributed by atoms with Crippen LogP contribution in [0.25, 0.3) is 0 Å². The first kappa shape index (κ1) is 18.7. The van der Waals surface area contributed by atoms with E-state index in [1.54, 1.807) is 0 Å². The van der Waals surface area contributed by atoms with Crippen LogP contribution in [0, 0.1) is 0 Å². The fraction of sp³-hybridized carbons (Fsp3) is 0.316. The molecule has 0 aromatic heterocycles. The molecule has 2 heterocycles. The van der Waals surface area contributed by atoms with E-state index in [-0.39, 0.29) is 23.4 Å². The average molecular weight is 398 g/mol. The Labute approximate surface area is 156 Å². The molecule has 2 N–H and O–H groups in total. The summed E-state index contributed by atoms with van der Waals surface area (Å²) in [5, 5.41) is 11.8. The molecule has 1 amide bonds. The third kappa shape index (κ3) is 2.64. The van der Waals surface area contributed by atoms with Crippen molar-refractivity contribution in [2.45, 2.75) is 24.1 Å². The zero-order valence-corrected chi connectivity index (χ0v) is 14.4. The topological polar surface area (TPSA) is 52.6 Å². The maximum absolute atomic E-state index is 14.0. The number of aromatic hydroxyl groups is 1. The van der Waals surface area contributed by atoms with E-state index < -0.39 is 47.8 Å². The van der Waals surface area contributed by atoms with Gasteiger partial charge in [-0.1, -0.05) is 24.3 Å². The normalized spacial score (nSPS) is 24.2. The zero-order valence-electron chi connectivity index (χ0n) is 14.4. The smallest absolute Gasteiger partial charge is 0.418 e. The molecule has 148 valence electrons. The number of nitrogens with one attached hydrogen (secondary N) is 1. The van der Waals surface area contributed by atoms with Crippen LogP contribution in [0.15, 0.2) is 42.5 Å². The lowest BCUT2D eigenvalue weighted by molar-refractivity contribution is -0.136. The number of phenolic OH excluding ortho intramolecular Hbond substituents is 1. The average Bonchev–Trinajstić information content (AvgIpc) is 3.11. The summed E-state index contributed by atoms with van der Waals surface area (Å²) in [5.74, 6) is -4.01. The van der Waals surface area contributed by atoms with Crippen LogP contribution in [-0.4, -0.2) is 34.9 Å². The first-order chi connectivity index (χ1) is 13.1. The van der Waals surface area contributed by atoms with Gasteiger partial charge in [-0.3, -0.25) is 9.69 Å². The molecule has 2 aromatic rings. The zero-order chi connectivity index (χ0) is 20.3. The molecule has 1 unspecified atom stereocenters. The number of fused-ring (bicyclic) bond motifs is 1. The Morgan fingerprint density at radius 1 is 1.07 bits per heavy atom. The molecule has 28 heavy (non-hydrogen) atoms. The number of rotatable bonds is 2. The Balaban J connectivity index is 1.99. The highest BCUT2D eigenvalue weighted by Gasteiger charge is 2.58. The molecular weight excluding hydrogens is 383 g/mol. The van der Waals surface area contributed by atoms with E-state index in [1.807, 2.05) is 0 Å². The second kappa shape index (κ2) is 5.91. The van der Waals surface area contributed by atoms with Gasteiger partial charge in [0.2, 0.25) is 0 Å². The van der Waals surface area contributed by atoms with Gasteiger partial charge in [0, 0.05) is 18.5 Å². The highest BCUT2D eigenvalue weighted by Crippen LogP contribution is 2.51. The largest absolute Gasteiger partial charge is 0.508 e. The lowest BCUT2D eigenvalue weighted by atomic mass is 9.81. The molecule has 1 atom stereocenters. The van der Waals surface area contributed by atoms with Crippen LogP contribution in [0.4, 0.5) is 27.6 Å². The van der Waals surface area contributed by atoms with Crippen molar-refractivity contribution in [2.24, 2.45) is 0 Å². The number of anilines is 1. The Bertz CT molecular complexity index is 942. The van der Waals surface area contributed by atoms with Gasteiger partial charge in [0.15, 0.2) is 5.54 Å². The van der Waals surface area contributed by atoms with Crippen LogP contribution in [0.2, 0.25) is 0 Å². The van der Waals surface area contributed by atoms with E-state index in [9.17, 15) is 31.9 Å². The first-order valence-electron chi connectivity index (χ1n) is 8.50. The van der Waals surface area contributed by atoms with Gasteiger partial charge in [-0.05, 0) is 23.8 Å². The van der Waals surface area contributed by atoms with E-state index in [0.717, 1.165) is 12.1 Å². The lowest BCUT2D eigenvalue weighted by Gasteiger charge is -2.37. The van der Waals surface area contributed by atoms with Gasteiger partial charge in [0.05, 0.1) is 17.8 Å². The maximum Gasteiger partial charge on any atom is 0.418 e. The first-order valence-corrected chi connectivity index (χ1v) is 8.50. The molecule has 4 rings (SSSR count). The van der Waals surface area contributed by atoms with Gasteiger partial charge in [-0.2, -0.15) is 13.2 Å². The van der Waals surface area contributed by atoms with Crippen LogP contribution in [0.5, 0.6) is 5.75 Å². The van der Waals surface area contributed by atoms with Gasteiger partial charge in [0.1, 0.15) is 5.75 Å². The van der Waals surface area contributed by atoms with Crippen LogP contribution in [0.1, 0.15) is 23.1 Å². The number of alkyl halides is 5. The van der Waals surface area contributed by atoms with E-state index in [0.29, 0.717) is 0 Å². The van der Waals surface area contributed by atoms with Gasteiger partial charge in [-0.15, -0.1) is 0 Å². The second-order valence-corrected chi connectivity index (χ2v) is 6.96. The molecule has 9 heteroatoms. The molecule has 1 fully saturated rings. The summed E-state index contributed by atoms with van der Waals surface area (Å²) in [5.41, 5.74) is -3.13. The summed E-state index contributed by atoms with van der Waals surface area (Å²) in [4.78, 5) is 14.3. The number of hydrogen-bond donors (Lipinski definition) is 2. The van der Waals surface area contributed by atoms with Crippen molar-refractivity contribution in [3.63, 3.8) is 0 Å². The van der Waals surface area contributed by atoms with Crippen LogP contribution < -0.4 is 5.32 Å². The second-order valence-electron chi connectivity index (χ2n) is 6.96. The quantitative estimate of drug-likeness (QED) is 0.754. The highest BCUT2D eigenvalue weighted by atomic mass is 19.4. The molecule has 1 saturated heterocycles. The predicted molar refractivity (Wildman–Crippen MR) is 90.1 cm³/mol. The Morgan fingerprint density at radius 3 is 2.32 bits per heavy atom. The third-order valence-electron chi connectivity index (χ3n) is 5.26. The van der Waals surface area contributed by atoms with Crippen molar-refractivity contribution < 1.29 is 31.9 Å². The molecular formula is C19H15F5N2O2. The number of amides is 1. The van der Waals surface area contributed by atoms with Crippen molar-refractivity contribution in [1.29, 1.82) is 0 Å². The molecule has 0 saturated carbocycles. The predicted octanol–water partition coefficient (Wildman–Crippen LogP) is 3.95. The number of hydrogen-bond acceptors (Lipinski definition) is 3. The van der Waals surface area contributed by atoms with Crippen molar-refractivity contribution >= 4 is 11.6 Å². The monoisotopic (exact) mass is 398 g/mol. The summed E-state index contributed by atoms with van der Waals surface area (Å²) in [7, 11) is 0. The molecule has 0 bridgehead atoms. The molecule has 0 aliphatic carbocycles. The van der Waals surface area contributed by atoms with E-state index in [1.165, 1.54) is 35.2 Å². The van der Waals surface area contributed by atoms with Crippen molar-refractivity contribution in [2.75, 3.05) is 18.4 Å². The third-order valence-corrected chi connectivity index (χ3v) is 5.26. The molecule has 2 aliphatic heterocycles. The summed E-state index contributed by atoms with van der Waals surface area (Å²) >= 11 is 0. The molecule has 0 radical (unpaired) electrons. The maximum atomic E-state index is 14.0. The van der Waals surface area contributed by atoms with E-state index >= 15 is 0 Å².